The topological polar surface area (TPSA) is 33.3 Å². The molecule has 0 aliphatic rings. The Morgan fingerprint density at radius 2 is 0.885 bits per heavy atom. The fourth-order valence-corrected chi connectivity index (χ4v) is 7.49. The van der Waals surface area contributed by atoms with Gasteiger partial charge in [0.2, 0.25) is 0 Å². The highest BCUT2D eigenvalue weighted by molar-refractivity contribution is 6.09. The first kappa shape index (κ1) is 29.8. The van der Waals surface area contributed by atoms with Crippen molar-refractivity contribution in [1.82, 2.24) is 4.57 Å². The largest absolute Gasteiger partial charge is 0.456 e. The van der Waals surface area contributed by atoms with Crippen LogP contribution in [0, 0.1) is 0 Å². The van der Waals surface area contributed by atoms with Crippen molar-refractivity contribution in [2.45, 2.75) is 0 Å². The Balaban J connectivity index is 0.919. The lowest BCUT2D eigenvalue weighted by atomic mass is 10.0. The SMILES string of the molecule is c1ccc(N(c2ccc(Nc3ccc(-c4ccc5c(c4)oc4ccccc45)cc3)cc2)c2ccc(-n3c4ccccc4c4ccccc43)cc2)cc1. The minimum atomic E-state index is 0.907. The van der Waals surface area contributed by atoms with E-state index in [0.717, 1.165) is 67.2 Å². The average Bonchev–Trinajstić information content (AvgIpc) is 3.75. The molecule has 0 saturated carbocycles. The highest BCUT2D eigenvalue weighted by Gasteiger charge is 2.15. The second kappa shape index (κ2) is 12.4. The summed E-state index contributed by atoms with van der Waals surface area (Å²) in [5.41, 5.74) is 13.0. The molecule has 8 aromatic carbocycles. The zero-order valence-corrected chi connectivity index (χ0v) is 28.3. The number of benzene rings is 8. The van der Waals surface area contributed by atoms with Crippen LogP contribution in [0.4, 0.5) is 28.4 Å². The lowest BCUT2D eigenvalue weighted by molar-refractivity contribution is 0.669. The zero-order valence-electron chi connectivity index (χ0n) is 28.3. The maximum Gasteiger partial charge on any atom is 0.136 e. The van der Waals surface area contributed by atoms with E-state index in [1.54, 1.807) is 0 Å². The van der Waals surface area contributed by atoms with E-state index in [9.17, 15) is 0 Å². The normalized spacial score (nSPS) is 11.5. The van der Waals surface area contributed by atoms with Crippen LogP contribution in [0.3, 0.4) is 0 Å². The quantitative estimate of drug-likeness (QED) is 0.184. The predicted molar refractivity (Wildman–Crippen MR) is 218 cm³/mol. The summed E-state index contributed by atoms with van der Waals surface area (Å²) in [6.07, 6.45) is 0. The molecule has 4 nitrogen and oxygen atoms in total. The van der Waals surface area contributed by atoms with E-state index in [2.05, 4.69) is 197 Å². The second-order valence-electron chi connectivity index (χ2n) is 13.1. The summed E-state index contributed by atoms with van der Waals surface area (Å²) in [5.74, 6) is 0. The van der Waals surface area contributed by atoms with Gasteiger partial charge in [-0.15, -0.1) is 0 Å². The molecule has 0 fully saturated rings. The van der Waals surface area contributed by atoms with Gasteiger partial charge < -0.3 is 19.2 Å². The molecule has 2 heterocycles. The Kier molecular flexibility index (Phi) is 7.10. The number of furan rings is 1. The van der Waals surface area contributed by atoms with Gasteiger partial charge in [0.1, 0.15) is 11.2 Å². The molecular formula is C48H33N3O. The van der Waals surface area contributed by atoms with Crippen molar-refractivity contribution >= 4 is 72.2 Å². The number of para-hydroxylation sites is 4. The molecule has 0 atom stereocenters. The average molecular weight is 668 g/mol. The molecule has 2 aromatic heterocycles. The van der Waals surface area contributed by atoms with E-state index in [4.69, 9.17) is 4.42 Å². The van der Waals surface area contributed by atoms with E-state index in [-0.39, 0.29) is 0 Å². The van der Waals surface area contributed by atoms with Gasteiger partial charge >= 0.3 is 0 Å². The van der Waals surface area contributed by atoms with Gasteiger partial charge in [0.25, 0.3) is 0 Å². The Morgan fingerprint density at radius 1 is 0.385 bits per heavy atom. The summed E-state index contributed by atoms with van der Waals surface area (Å²) in [6.45, 7) is 0. The molecule has 0 unspecified atom stereocenters. The number of fused-ring (bicyclic) bond motifs is 6. The molecule has 0 aliphatic heterocycles. The highest BCUT2D eigenvalue weighted by Crippen LogP contribution is 2.38. The molecule has 0 aliphatic carbocycles. The summed E-state index contributed by atoms with van der Waals surface area (Å²) < 4.78 is 8.49. The van der Waals surface area contributed by atoms with Gasteiger partial charge in [-0.05, 0) is 114 Å². The van der Waals surface area contributed by atoms with Gasteiger partial charge in [-0.25, -0.2) is 0 Å². The molecule has 0 spiro atoms. The smallest absolute Gasteiger partial charge is 0.136 e. The molecule has 0 radical (unpaired) electrons. The van der Waals surface area contributed by atoms with E-state index in [1.165, 1.54) is 21.8 Å². The van der Waals surface area contributed by atoms with Crippen molar-refractivity contribution in [3.05, 3.63) is 194 Å². The van der Waals surface area contributed by atoms with E-state index in [0.29, 0.717) is 0 Å². The lowest BCUT2D eigenvalue weighted by Gasteiger charge is -2.26. The van der Waals surface area contributed by atoms with Gasteiger partial charge in [-0.1, -0.05) is 91.0 Å². The van der Waals surface area contributed by atoms with Crippen LogP contribution in [0.1, 0.15) is 0 Å². The first-order valence-corrected chi connectivity index (χ1v) is 17.6. The molecule has 52 heavy (non-hydrogen) atoms. The first-order valence-electron chi connectivity index (χ1n) is 17.6. The van der Waals surface area contributed by atoms with Gasteiger partial charge in [-0.3, -0.25) is 0 Å². The molecule has 10 aromatic rings. The zero-order chi connectivity index (χ0) is 34.4. The van der Waals surface area contributed by atoms with Crippen LogP contribution >= 0.6 is 0 Å². The highest BCUT2D eigenvalue weighted by atomic mass is 16.3. The van der Waals surface area contributed by atoms with Crippen LogP contribution < -0.4 is 10.2 Å². The summed E-state index contributed by atoms with van der Waals surface area (Å²) in [7, 11) is 0. The number of rotatable bonds is 7. The predicted octanol–water partition coefficient (Wildman–Crippen LogP) is 13.6. The molecule has 0 amide bonds. The van der Waals surface area contributed by atoms with Gasteiger partial charge in [0.05, 0.1) is 11.0 Å². The Hall–Kier alpha value is -7.04. The molecular weight excluding hydrogens is 635 g/mol. The Morgan fingerprint density at radius 3 is 1.56 bits per heavy atom. The van der Waals surface area contributed by atoms with Crippen molar-refractivity contribution in [2.24, 2.45) is 0 Å². The van der Waals surface area contributed by atoms with Crippen LogP contribution in [0.25, 0.3) is 60.6 Å². The van der Waals surface area contributed by atoms with Crippen molar-refractivity contribution < 1.29 is 4.42 Å². The van der Waals surface area contributed by atoms with Gasteiger partial charge in [0, 0.05) is 55.7 Å². The van der Waals surface area contributed by atoms with E-state index in [1.807, 2.05) is 12.1 Å². The summed E-state index contributed by atoms with van der Waals surface area (Å²) in [5, 5.41) is 8.40. The minimum absolute atomic E-state index is 0.907. The first-order chi connectivity index (χ1) is 25.8. The Labute approximate surface area is 301 Å². The number of hydrogen-bond acceptors (Lipinski definition) is 3. The number of anilines is 5. The fourth-order valence-electron chi connectivity index (χ4n) is 7.49. The van der Waals surface area contributed by atoms with Crippen LogP contribution in [-0.2, 0) is 0 Å². The third-order valence-electron chi connectivity index (χ3n) is 9.97. The third-order valence-corrected chi connectivity index (χ3v) is 9.97. The van der Waals surface area contributed by atoms with E-state index < -0.39 is 0 Å². The van der Waals surface area contributed by atoms with Gasteiger partial charge in [0.15, 0.2) is 0 Å². The molecule has 246 valence electrons. The lowest BCUT2D eigenvalue weighted by Crippen LogP contribution is -2.10. The van der Waals surface area contributed by atoms with Crippen LogP contribution in [-0.4, -0.2) is 4.57 Å². The minimum Gasteiger partial charge on any atom is -0.456 e. The number of hydrogen-bond donors (Lipinski definition) is 1. The Bertz CT molecular complexity index is 2800. The summed E-state index contributed by atoms with van der Waals surface area (Å²) in [4.78, 5) is 2.30. The number of aromatic nitrogens is 1. The second-order valence-corrected chi connectivity index (χ2v) is 13.1. The van der Waals surface area contributed by atoms with Crippen molar-refractivity contribution in [3.8, 4) is 16.8 Å². The standard InChI is InChI=1S/C48H33N3O/c1-2-10-37(11-3-1)50(39-27-29-40(30-28-39)51-45-15-7-4-12-41(45)42-13-5-8-16-46(42)51)38-25-23-36(24-26-38)49-35-21-18-33(19-22-35)34-20-31-44-43-14-6-9-17-47(43)52-48(44)32-34/h1-32,49H. The fraction of sp³-hybridized carbons (Fsp3) is 0. The van der Waals surface area contributed by atoms with Gasteiger partial charge in [-0.2, -0.15) is 0 Å². The summed E-state index contributed by atoms with van der Waals surface area (Å²) in [6, 6.07) is 68.5. The monoisotopic (exact) mass is 667 g/mol. The van der Waals surface area contributed by atoms with Crippen LogP contribution in [0.5, 0.6) is 0 Å². The number of nitrogens with one attached hydrogen (secondary N) is 1. The molecule has 10 rings (SSSR count). The van der Waals surface area contributed by atoms with Crippen molar-refractivity contribution in [2.75, 3.05) is 10.2 Å². The van der Waals surface area contributed by atoms with Crippen LogP contribution in [0.15, 0.2) is 199 Å². The van der Waals surface area contributed by atoms with Crippen molar-refractivity contribution in [3.63, 3.8) is 0 Å². The van der Waals surface area contributed by atoms with Crippen LogP contribution in [0.2, 0.25) is 0 Å². The van der Waals surface area contributed by atoms with Crippen molar-refractivity contribution in [1.29, 1.82) is 0 Å². The molecule has 4 heteroatoms. The third kappa shape index (κ3) is 5.17. The molecule has 1 N–H and O–H groups in total. The maximum atomic E-state index is 6.13. The van der Waals surface area contributed by atoms with E-state index >= 15 is 0 Å². The maximum absolute atomic E-state index is 6.13. The molecule has 0 bridgehead atoms. The summed E-state index contributed by atoms with van der Waals surface area (Å²) >= 11 is 0. The molecule has 0 saturated heterocycles. The number of nitrogens with zero attached hydrogens (tertiary/aromatic N) is 2.